The van der Waals surface area contributed by atoms with Gasteiger partial charge in [0.1, 0.15) is 5.75 Å². The van der Waals surface area contributed by atoms with E-state index in [4.69, 9.17) is 4.18 Å². The van der Waals surface area contributed by atoms with Crippen LogP contribution < -0.4 is 4.18 Å². The lowest BCUT2D eigenvalue weighted by Crippen LogP contribution is -2.53. The molecule has 150 valence electrons. The maximum Gasteiger partial charge on any atom is 0.452 e. The molecule has 0 radical (unpaired) electrons. The minimum Gasteiger partial charge on any atom is -0.398 e. The summed E-state index contributed by atoms with van der Waals surface area (Å²) in [4.78, 5) is 3.22. The van der Waals surface area contributed by atoms with Crippen LogP contribution in [0.1, 0.15) is 57.6 Å². The third-order valence-corrected chi connectivity index (χ3v) is 3.88. The van der Waals surface area contributed by atoms with Gasteiger partial charge < -0.3 is 4.18 Å². The van der Waals surface area contributed by atoms with E-state index >= 15 is 0 Å². The van der Waals surface area contributed by atoms with Crippen molar-refractivity contribution in [3.63, 3.8) is 0 Å². The Hall–Kier alpha value is -1.13. The standard InChI is InChI=1S/C16H20F6O3S/c1-9(2)11-7-6-8-12(10(3)4)13(11)23-26-25-24-16(21,22)15(19,20)14(5,17)18/h6-10H,1-5H3. The zero-order valence-electron chi connectivity index (χ0n) is 14.8. The minimum atomic E-state index is -5.76. The van der Waals surface area contributed by atoms with Crippen molar-refractivity contribution in [3.05, 3.63) is 29.3 Å². The maximum absolute atomic E-state index is 13.2. The summed E-state index contributed by atoms with van der Waals surface area (Å²) in [5, 5.41) is 0. The molecule has 0 N–H and O–H groups in total. The molecule has 1 aromatic carbocycles. The summed E-state index contributed by atoms with van der Waals surface area (Å²) in [6, 6.07) is 5.28. The van der Waals surface area contributed by atoms with Crippen LogP contribution in [0, 0.1) is 0 Å². The lowest BCUT2D eigenvalue weighted by molar-refractivity contribution is -0.470. The van der Waals surface area contributed by atoms with Gasteiger partial charge in [0.2, 0.25) is 0 Å². The molecule has 0 aliphatic heterocycles. The van der Waals surface area contributed by atoms with Crippen molar-refractivity contribution in [2.24, 2.45) is 0 Å². The molecule has 1 aromatic rings. The Kier molecular flexibility index (Phi) is 7.28. The number of halogens is 6. The van der Waals surface area contributed by atoms with Gasteiger partial charge in [-0.2, -0.15) is 26.3 Å². The summed E-state index contributed by atoms with van der Waals surface area (Å²) in [6.07, 6.45) is -5.56. The van der Waals surface area contributed by atoms with E-state index in [1.807, 2.05) is 27.7 Å². The summed E-state index contributed by atoms with van der Waals surface area (Å²) in [5.74, 6) is -10.5. The molecule has 0 fully saturated rings. The van der Waals surface area contributed by atoms with Crippen LogP contribution in [-0.2, 0) is 9.22 Å². The van der Waals surface area contributed by atoms with Crippen LogP contribution in [0.15, 0.2) is 18.2 Å². The second-order valence-corrected chi connectivity index (χ2v) is 6.80. The van der Waals surface area contributed by atoms with Crippen molar-refractivity contribution in [1.82, 2.24) is 0 Å². The van der Waals surface area contributed by atoms with Gasteiger partial charge in [0, 0.05) is 6.92 Å². The molecule has 0 bridgehead atoms. The van der Waals surface area contributed by atoms with Crippen LogP contribution >= 0.6 is 12.3 Å². The summed E-state index contributed by atoms with van der Waals surface area (Å²) in [6.45, 7) is 7.12. The van der Waals surface area contributed by atoms with E-state index in [0.717, 1.165) is 11.1 Å². The number of para-hydroxylation sites is 1. The quantitative estimate of drug-likeness (QED) is 0.150. The Bertz CT molecular complexity index is 576. The highest BCUT2D eigenvalue weighted by Gasteiger charge is 2.72. The molecule has 0 aliphatic carbocycles. The van der Waals surface area contributed by atoms with E-state index in [2.05, 4.69) is 9.22 Å². The molecule has 0 atom stereocenters. The Balaban J connectivity index is 2.84. The number of benzene rings is 1. The third-order valence-electron chi connectivity index (χ3n) is 3.52. The molecule has 1 rings (SSSR count). The van der Waals surface area contributed by atoms with E-state index in [0.29, 0.717) is 5.75 Å². The van der Waals surface area contributed by atoms with Crippen LogP contribution in [0.3, 0.4) is 0 Å². The average molecular weight is 406 g/mol. The predicted molar refractivity (Wildman–Crippen MR) is 85.5 cm³/mol. The van der Waals surface area contributed by atoms with Crippen molar-refractivity contribution in [3.8, 4) is 5.75 Å². The topological polar surface area (TPSA) is 27.7 Å². The highest BCUT2D eigenvalue weighted by molar-refractivity contribution is 7.90. The minimum absolute atomic E-state index is 0.00905. The van der Waals surface area contributed by atoms with Crippen LogP contribution in [0.2, 0.25) is 0 Å². The molecule has 0 amide bonds. The zero-order chi connectivity index (χ0) is 20.3. The average Bonchev–Trinajstić information content (AvgIpc) is 2.49. The smallest absolute Gasteiger partial charge is 0.398 e. The van der Waals surface area contributed by atoms with Gasteiger partial charge in [-0.25, -0.2) is 0 Å². The van der Waals surface area contributed by atoms with E-state index in [1.54, 1.807) is 18.2 Å². The van der Waals surface area contributed by atoms with E-state index in [-0.39, 0.29) is 31.1 Å². The Morgan fingerprint density at radius 1 is 0.885 bits per heavy atom. The molecule has 0 aromatic heterocycles. The molecule has 0 saturated heterocycles. The van der Waals surface area contributed by atoms with Crippen LogP contribution in [0.5, 0.6) is 5.75 Å². The first-order valence-electron chi connectivity index (χ1n) is 7.67. The molecule has 0 heterocycles. The molecule has 3 nitrogen and oxygen atoms in total. The monoisotopic (exact) mass is 406 g/mol. The van der Waals surface area contributed by atoms with Crippen LogP contribution in [-0.4, -0.2) is 18.0 Å². The lowest BCUT2D eigenvalue weighted by atomic mass is 9.94. The molecule has 0 unspecified atom stereocenters. The summed E-state index contributed by atoms with van der Waals surface area (Å²) < 4.78 is 86.8. The first-order valence-corrected chi connectivity index (χ1v) is 8.34. The molecule has 0 spiro atoms. The van der Waals surface area contributed by atoms with Gasteiger partial charge in [0.15, 0.2) is 0 Å². The van der Waals surface area contributed by atoms with Crippen molar-refractivity contribution in [2.45, 2.75) is 64.4 Å². The summed E-state index contributed by atoms with van der Waals surface area (Å²) in [7, 11) is 0. The molecule has 26 heavy (non-hydrogen) atoms. The second-order valence-electron chi connectivity index (χ2n) is 6.36. The highest BCUT2D eigenvalue weighted by Crippen LogP contribution is 2.46. The first-order chi connectivity index (χ1) is 11.7. The zero-order valence-corrected chi connectivity index (χ0v) is 15.6. The molecular weight excluding hydrogens is 386 g/mol. The number of hydrogen-bond donors (Lipinski definition) is 0. The van der Waals surface area contributed by atoms with Gasteiger partial charge in [-0.3, -0.25) is 0 Å². The van der Waals surface area contributed by atoms with E-state index < -0.39 is 18.0 Å². The normalized spacial score (nSPS) is 13.6. The van der Waals surface area contributed by atoms with E-state index in [9.17, 15) is 26.3 Å². The van der Waals surface area contributed by atoms with Gasteiger partial charge in [0.25, 0.3) is 12.3 Å². The number of hydrogen-bond acceptors (Lipinski definition) is 4. The fourth-order valence-electron chi connectivity index (χ4n) is 1.99. The Morgan fingerprint density at radius 3 is 1.73 bits per heavy atom. The van der Waals surface area contributed by atoms with Gasteiger partial charge in [-0.1, -0.05) is 45.9 Å². The maximum atomic E-state index is 13.2. The predicted octanol–water partition coefficient (Wildman–Crippen LogP) is 6.71. The van der Waals surface area contributed by atoms with Gasteiger partial charge in [-0.05, 0) is 23.0 Å². The largest absolute Gasteiger partial charge is 0.452 e. The van der Waals surface area contributed by atoms with Crippen molar-refractivity contribution < 1.29 is 39.7 Å². The fraction of sp³-hybridized carbons (Fsp3) is 0.625. The second kappa shape index (κ2) is 8.26. The number of alkyl halides is 6. The first kappa shape index (κ1) is 22.9. The van der Waals surface area contributed by atoms with Crippen LogP contribution in [0.4, 0.5) is 26.3 Å². The fourth-order valence-corrected chi connectivity index (χ4v) is 2.39. The van der Waals surface area contributed by atoms with Crippen molar-refractivity contribution in [2.75, 3.05) is 0 Å². The van der Waals surface area contributed by atoms with Crippen LogP contribution in [0.25, 0.3) is 0 Å². The molecule has 0 aliphatic rings. The Morgan fingerprint density at radius 2 is 1.35 bits per heavy atom. The molecular formula is C16H20F6O3S. The van der Waals surface area contributed by atoms with Gasteiger partial charge in [-0.15, -0.1) is 9.22 Å². The molecule has 10 heteroatoms. The SMILES string of the molecule is CC(C)c1cccc(C(C)C)c1OSOOC(F)(F)C(F)(F)C(C)(F)F. The number of rotatable bonds is 9. The van der Waals surface area contributed by atoms with Crippen molar-refractivity contribution in [1.29, 1.82) is 0 Å². The summed E-state index contributed by atoms with van der Waals surface area (Å²) >= 11 is -0.157. The lowest BCUT2D eigenvalue weighted by Gasteiger charge is -2.28. The highest BCUT2D eigenvalue weighted by atomic mass is 32.2. The molecule has 0 saturated carbocycles. The van der Waals surface area contributed by atoms with Gasteiger partial charge in [0.05, 0.1) is 0 Å². The Labute approximate surface area is 152 Å². The van der Waals surface area contributed by atoms with Crippen molar-refractivity contribution >= 4 is 12.3 Å². The third kappa shape index (κ3) is 4.98. The van der Waals surface area contributed by atoms with Gasteiger partial charge >= 0.3 is 18.0 Å². The van der Waals surface area contributed by atoms with E-state index in [1.165, 1.54) is 0 Å². The summed E-state index contributed by atoms with van der Waals surface area (Å²) in [5.41, 5.74) is 1.45.